The first-order valence-corrected chi connectivity index (χ1v) is 21.2. The molecule has 0 spiro atoms. The quantitative estimate of drug-likeness (QED) is 0.163. The number of para-hydroxylation sites is 4. The van der Waals surface area contributed by atoms with Crippen molar-refractivity contribution in [2.45, 2.75) is 33.1 Å². The standard InChI is InChI=1S/C57H42N4/c1-35-26-30-39(31-27-35)57(40-32-28-36(2)29-33-40)47-18-6-5-14-43(47)56-44(17-11-19-48(56)57)55-41-15-12-24-51(60-37(3)58-49-20-7-9-22-53(49)60)45(41)34-46-42(55)16-13-25-52(46)61-38(4)59-50-21-8-10-23-54(50)61/h5-34H,1-4H3. The molecule has 0 atom stereocenters. The monoisotopic (exact) mass is 782 g/mol. The lowest BCUT2D eigenvalue weighted by Crippen LogP contribution is -2.28. The number of hydrogen-bond donors (Lipinski definition) is 0. The van der Waals surface area contributed by atoms with E-state index in [-0.39, 0.29) is 0 Å². The Morgan fingerprint density at radius 3 is 1.39 bits per heavy atom. The van der Waals surface area contributed by atoms with Crippen LogP contribution in [0.15, 0.2) is 182 Å². The van der Waals surface area contributed by atoms with Gasteiger partial charge in [-0.3, -0.25) is 9.13 Å². The molecular formula is C57H42N4. The van der Waals surface area contributed by atoms with Crippen LogP contribution in [0.3, 0.4) is 0 Å². The van der Waals surface area contributed by atoms with Gasteiger partial charge in [-0.1, -0.05) is 151 Å². The summed E-state index contributed by atoms with van der Waals surface area (Å²) >= 11 is 0. The molecule has 2 heterocycles. The van der Waals surface area contributed by atoms with Gasteiger partial charge >= 0.3 is 0 Å². The van der Waals surface area contributed by atoms with Crippen LogP contribution in [0.5, 0.6) is 0 Å². The lowest BCUT2D eigenvalue weighted by molar-refractivity contribution is 0.767. The average molecular weight is 783 g/mol. The zero-order valence-corrected chi connectivity index (χ0v) is 34.6. The maximum atomic E-state index is 5.05. The van der Waals surface area contributed by atoms with Crippen LogP contribution < -0.4 is 0 Å². The summed E-state index contributed by atoms with van der Waals surface area (Å²) in [6, 6.07) is 67.5. The second-order valence-corrected chi connectivity index (χ2v) is 16.7. The molecule has 0 aliphatic heterocycles. The number of benzene rings is 9. The molecule has 4 nitrogen and oxygen atoms in total. The highest BCUT2D eigenvalue weighted by molar-refractivity contribution is 6.19. The number of nitrogens with zero attached hydrogens (tertiary/aromatic N) is 4. The predicted octanol–water partition coefficient (Wildman–Crippen LogP) is 13.9. The zero-order valence-electron chi connectivity index (χ0n) is 34.6. The Morgan fingerprint density at radius 1 is 0.377 bits per heavy atom. The van der Waals surface area contributed by atoms with Gasteiger partial charge < -0.3 is 0 Å². The summed E-state index contributed by atoms with van der Waals surface area (Å²) in [5.74, 6) is 1.91. The van der Waals surface area contributed by atoms with Gasteiger partial charge in [0.2, 0.25) is 0 Å². The van der Waals surface area contributed by atoms with Gasteiger partial charge in [-0.05, 0) is 125 Å². The Kier molecular flexibility index (Phi) is 7.67. The summed E-state index contributed by atoms with van der Waals surface area (Å²) in [6.45, 7) is 8.58. The van der Waals surface area contributed by atoms with Crippen LogP contribution in [0.25, 0.3) is 77.2 Å². The molecule has 0 N–H and O–H groups in total. The molecule has 1 aliphatic rings. The van der Waals surface area contributed by atoms with Crippen LogP contribution in [-0.2, 0) is 5.41 Å². The van der Waals surface area contributed by atoms with Gasteiger partial charge in [0, 0.05) is 10.8 Å². The van der Waals surface area contributed by atoms with Crippen LogP contribution >= 0.6 is 0 Å². The van der Waals surface area contributed by atoms with E-state index in [2.05, 4.69) is 219 Å². The summed E-state index contributed by atoms with van der Waals surface area (Å²) in [5.41, 5.74) is 18.4. The molecule has 2 aromatic heterocycles. The second kappa shape index (κ2) is 13.2. The third-order valence-electron chi connectivity index (χ3n) is 13.2. The fourth-order valence-electron chi connectivity index (χ4n) is 10.6. The molecule has 0 bridgehead atoms. The van der Waals surface area contributed by atoms with Gasteiger partial charge in [0.25, 0.3) is 0 Å². The number of hydrogen-bond acceptors (Lipinski definition) is 2. The van der Waals surface area contributed by atoms with Gasteiger partial charge in [0.15, 0.2) is 0 Å². The maximum absolute atomic E-state index is 5.05. The Balaban J connectivity index is 1.25. The molecule has 4 heteroatoms. The number of imidazole rings is 2. The molecule has 0 unspecified atom stereocenters. The number of aromatic nitrogens is 4. The van der Waals surface area contributed by atoms with Crippen molar-refractivity contribution >= 4 is 43.6 Å². The highest BCUT2D eigenvalue weighted by Crippen LogP contribution is 2.59. The van der Waals surface area contributed by atoms with Crippen LogP contribution in [0.1, 0.15) is 45.0 Å². The summed E-state index contributed by atoms with van der Waals surface area (Å²) < 4.78 is 4.66. The maximum Gasteiger partial charge on any atom is 0.111 e. The zero-order chi connectivity index (χ0) is 41.0. The minimum atomic E-state index is -0.528. The van der Waals surface area contributed by atoms with Gasteiger partial charge in [0.1, 0.15) is 11.6 Å². The van der Waals surface area contributed by atoms with Crippen molar-refractivity contribution in [2.24, 2.45) is 0 Å². The molecule has 0 fully saturated rings. The van der Waals surface area contributed by atoms with E-state index < -0.39 is 5.41 Å². The summed E-state index contributed by atoms with van der Waals surface area (Å²) in [5, 5.41) is 4.72. The van der Waals surface area contributed by atoms with E-state index in [1.54, 1.807) is 0 Å². The Bertz CT molecular complexity index is 3380. The summed E-state index contributed by atoms with van der Waals surface area (Å²) in [7, 11) is 0. The first-order chi connectivity index (χ1) is 29.9. The first-order valence-electron chi connectivity index (χ1n) is 21.2. The summed E-state index contributed by atoms with van der Waals surface area (Å²) in [6.07, 6.45) is 0. The minimum absolute atomic E-state index is 0.528. The van der Waals surface area contributed by atoms with Crippen molar-refractivity contribution in [2.75, 3.05) is 0 Å². The van der Waals surface area contributed by atoms with E-state index >= 15 is 0 Å². The predicted molar refractivity (Wildman–Crippen MR) is 252 cm³/mol. The average Bonchev–Trinajstić information content (AvgIpc) is 3.92. The molecule has 61 heavy (non-hydrogen) atoms. The summed E-state index contributed by atoms with van der Waals surface area (Å²) in [4.78, 5) is 10.1. The molecule has 290 valence electrons. The van der Waals surface area contributed by atoms with Crippen LogP contribution in [0.4, 0.5) is 0 Å². The van der Waals surface area contributed by atoms with Crippen molar-refractivity contribution in [1.82, 2.24) is 19.1 Å². The van der Waals surface area contributed by atoms with Crippen LogP contribution in [0.2, 0.25) is 0 Å². The normalized spacial score (nSPS) is 13.0. The largest absolute Gasteiger partial charge is 0.296 e. The highest BCUT2D eigenvalue weighted by atomic mass is 15.1. The fourth-order valence-corrected chi connectivity index (χ4v) is 10.6. The Morgan fingerprint density at radius 2 is 0.836 bits per heavy atom. The van der Waals surface area contributed by atoms with E-state index in [4.69, 9.17) is 9.97 Å². The smallest absolute Gasteiger partial charge is 0.111 e. The molecular weight excluding hydrogens is 741 g/mol. The lowest BCUT2D eigenvalue weighted by atomic mass is 9.67. The minimum Gasteiger partial charge on any atom is -0.296 e. The lowest BCUT2D eigenvalue weighted by Gasteiger charge is -2.34. The SMILES string of the molecule is Cc1ccc(C2(c3ccc(C)cc3)c3ccccc3-c3c(-c4c5cccc(-n6c(C)nc7ccccc76)c5cc5c(-n6c(C)nc7ccccc76)cccc45)cccc32)cc1. The van der Waals surface area contributed by atoms with E-state index in [1.807, 2.05) is 0 Å². The third-order valence-corrected chi connectivity index (χ3v) is 13.2. The van der Waals surface area contributed by atoms with Gasteiger partial charge in [0.05, 0.1) is 38.9 Å². The molecule has 0 saturated carbocycles. The number of fused-ring (bicyclic) bond motifs is 7. The van der Waals surface area contributed by atoms with Crippen molar-refractivity contribution in [1.29, 1.82) is 0 Å². The van der Waals surface area contributed by atoms with E-state index in [1.165, 1.54) is 66.4 Å². The topological polar surface area (TPSA) is 35.6 Å². The van der Waals surface area contributed by atoms with Gasteiger partial charge in [-0.25, -0.2) is 9.97 Å². The van der Waals surface area contributed by atoms with Crippen molar-refractivity contribution in [3.05, 3.63) is 227 Å². The molecule has 0 amide bonds. The number of rotatable bonds is 5. The molecule has 0 saturated heterocycles. The molecule has 1 aliphatic carbocycles. The number of aryl methyl sites for hydroxylation is 4. The van der Waals surface area contributed by atoms with E-state index in [0.717, 1.165) is 55.9 Å². The van der Waals surface area contributed by atoms with Crippen LogP contribution in [-0.4, -0.2) is 19.1 Å². The van der Waals surface area contributed by atoms with Crippen molar-refractivity contribution < 1.29 is 0 Å². The van der Waals surface area contributed by atoms with Crippen molar-refractivity contribution in [3.8, 4) is 33.6 Å². The fraction of sp³-hybridized carbons (Fsp3) is 0.0877. The molecule has 11 aromatic rings. The van der Waals surface area contributed by atoms with Gasteiger partial charge in [-0.2, -0.15) is 0 Å². The second-order valence-electron chi connectivity index (χ2n) is 16.7. The molecule has 9 aromatic carbocycles. The first kappa shape index (κ1) is 35.4. The highest BCUT2D eigenvalue weighted by Gasteiger charge is 2.47. The molecule has 12 rings (SSSR count). The Hall–Kier alpha value is -7.56. The van der Waals surface area contributed by atoms with E-state index in [9.17, 15) is 0 Å². The third kappa shape index (κ3) is 4.99. The van der Waals surface area contributed by atoms with E-state index in [0.29, 0.717) is 0 Å². The van der Waals surface area contributed by atoms with Crippen molar-refractivity contribution in [3.63, 3.8) is 0 Å². The molecule has 0 radical (unpaired) electrons. The van der Waals surface area contributed by atoms with Gasteiger partial charge in [-0.15, -0.1) is 0 Å². The Labute approximate surface area is 355 Å². The van der Waals surface area contributed by atoms with Crippen LogP contribution in [0, 0.1) is 27.7 Å².